The average Bonchev–Trinajstić information content (AvgIpc) is 3.08. The highest BCUT2D eigenvalue weighted by Crippen LogP contribution is 2.34. The zero-order valence-corrected chi connectivity index (χ0v) is 16.9. The Hall–Kier alpha value is -3.31. The van der Waals surface area contributed by atoms with Crippen molar-refractivity contribution in [2.24, 2.45) is 0 Å². The maximum absolute atomic E-state index is 12.9. The van der Waals surface area contributed by atoms with E-state index in [2.05, 4.69) is 23.2 Å². The van der Waals surface area contributed by atoms with Crippen LogP contribution in [0.4, 0.5) is 0 Å². The number of aromatic nitrogens is 1. The second-order valence-corrected chi connectivity index (χ2v) is 8.88. The van der Waals surface area contributed by atoms with E-state index >= 15 is 0 Å². The van der Waals surface area contributed by atoms with Crippen molar-refractivity contribution in [3.05, 3.63) is 83.9 Å². The molecule has 1 N–H and O–H groups in total. The summed E-state index contributed by atoms with van der Waals surface area (Å²) in [4.78, 5) is 3.54. The first-order valence-corrected chi connectivity index (χ1v) is 10.8. The third-order valence-electron chi connectivity index (χ3n) is 5.35. The molecule has 0 atom stereocenters. The van der Waals surface area contributed by atoms with Crippen LogP contribution in [0.5, 0.6) is 5.75 Å². The van der Waals surface area contributed by atoms with E-state index in [1.807, 2.05) is 44.2 Å². The first-order chi connectivity index (χ1) is 13.9. The molecule has 5 aromatic rings. The Kier molecular flexibility index (Phi) is 3.89. The smallest absolute Gasteiger partial charge is 0.339 e. The van der Waals surface area contributed by atoms with E-state index in [1.54, 1.807) is 24.3 Å². The molecular weight excluding hydrogens is 382 g/mol. The van der Waals surface area contributed by atoms with Gasteiger partial charge in [0.05, 0.1) is 5.52 Å². The second kappa shape index (κ2) is 6.36. The van der Waals surface area contributed by atoms with Gasteiger partial charge in [-0.1, -0.05) is 42.5 Å². The van der Waals surface area contributed by atoms with Crippen molar-refractivity contribution in [1.29, 1.82) is 0 Å². The zero-order chi connectivity index (χ0) is 20.2. The van der Waals surface area contributed by atoms with E-state index in [0.29, 0.717) is 5.75 Å². The third kappa shape index (κ3) is 2.95. The van der Waals surface area contributed by atoms with Gasteiger partial charge in [-0.05, 0) is 60.5 Å². The molecule has 29 heavy (non-hydrogen) atoms. The monoisotopic (exact) mass is 401 g/mol. The van der Waals surface area contributed by atoms with Gasteiger partial charge in [-0.2, -0.15) is 8.42 Å². The van der Waals surface area contributed by atoms with Crippen LogP contribution in [0.3, 0.4) is 0 Å². The SMILES string of the molecule is Cc1ccc2c(c1)[nH]c1c(C)c(OS(=O)(=O)c3ccc4ccccc4c3)ccc12. The fraction of sp³-hybridized carbons (Fsp3) is 0.0833. The highest BCUT2D eigenvalue weighted by atomic mass is 32.2. The van der Waals surface area contributed by atoms with Crippen LogP contribution in [0, 0.1) is 13.8 Å². The summed E-state index contributed by atoms with van der Waals surface area (Å²) in [7, 11) is -3.95. The van der Waals surface area contributed by atoms with Crippen molar-refractivity contribution in [2.75, 3.05) is 0 Å². The molecule has 144 valence electrons. The quantitative estimate of drug-likeness (QED) is 0.385. The summed E-state index contributed by atoms with van der Waals surface area (Å²) in [6.07, 6.45) is 0. The first kappa shape index (κ1) is 17.8. The Balaban J connectivity index is 1.59. The van der Waals surface area contributed by atoms with Crippen molar-refractivity contribution in [1.82, 2.24) is 4.98 Å². The normalized spacial score (nSPS) is 12.1. The van der Waals surface area contributed by atoms with Gasteiger partial charge in [0.2, 0.25) is 0 Å². The van der Waals surface area contributed by atoms with Gasteiger partial charge in [-0.15, -0.1) is 0 Å². The van der Waals surface area contributed by atoms with Gasteiger partial charge < -0.3 is 9.17 Å². The summed E-state index contributed by atoms with van der Waals surface area (Å²) < 4.78 is 31.4. The molecule has 5 heteroatoms. The van der Waals surface area contributed by atoms with E-state index in [0.717, 1.165) is 43.7 Å². The van der Waals surface area contributed by atoms with Crippen molar-refractivity contribution >= 4 is 42.7 Å². The highest BCUT2D eigenvalue weighted by molar-refractivity contribution is 7.87. The Morgan fingerprint density at radius 1 is 0.793 bits per heavy atom. The molecule has 0 aliphatic rings. The number of aryl methyl sites for hydroxylation is 2. The summed E-state index contributed by atoms with van der Waals surface area (Å²) >= 11 is 0. The Morgan fingerprint density at radius 3 is 2.38 bits per heavy atom. The Bertz CT molecular complexity index is 1510. The molecule has 1 heterocycles. The van der Waals surface area contributed by atoms with Crippen LogP contribution >= 0.6 is 0 Å². The van der Waals surface area contributed by atoms with Crippen molar-refractivity contribution in [2.45, 2.75) is 18.7 Å². The Labute approximate surface area is 168 Å². The molecule has 0 aliphatic carbocycles. The van der Waals surface area contributed by atoms with Crippen molar-refractivity contribution in [3.63, 3.8) is 0 Å². The van der Waals surface area contributed by atoms with E-state index < -0.39 is 10.1 Å². The minimum absolute atomic E-state index is 0.142. The summed E-state index contributed by atoms with van der Waals surface area (Å²) in [5, 5.41) is 4.00. The summed E-state index contributed by atoms with van der Waals surface area (Å²) in [5.41, 5.74) is 3.84. The maximum Gasteiger partial charge on any atom is 0.339 e. The standard InChI is InChI=1S/C24H19NO3S/c1-15-7-10-20-21-11-12-23(16(2)24(21)25-22(20)13-15)28-29(26,27)19-9-8-17-5-3-4-6-18(17)14-19/h3-14,25H,1-2H3. The third-order valence-corrected chi connectivity index (χ3v) is 6.58. The van der Waals surface area contributed by atoms with Gasteiger partial charge in [0, 0.05) is 21.9 Å². The van der Waals surface area contributed by atoms with Gasteiger partial charge in [0.15, 0.2) is 0 Å². The molecule has 4 nitrogen and oxygen atoms in total. The van der Waals surface area contributed by atoms with Crippen LogP contribution in [0.15, 0.2) is 77.7 Å². The molecule has 4 aromatic carbocycles. The van der Waals surface area contributed by atoms with E-state index in [1.165, 1.54) is 0 Å². The predicted molar refractivity (Wildman–Crippen MR) is 117 cm³/mol. The van der Waals surface area contributed by atoms with Crippen LogP contribution in [0.25, 0.3) is 32.6 Å². The van der Waals surface area contributed by atoms with Crippen LogP contribution in [0.1, 0.15) is 11.1 Å². The van der Waals surface area contributed by atoms with Crippen molar-refractivity contribution in [3.8, 4) is 5.75 Å². The molecule has 0 amide bonds. The number of hydrogen-bond donors (Lipinski definition) is 1. The molecule has 0 fully saturated rings. The molecule has 0 saturated heterocycles. The lowest BCUT2D eigenvalue weighted by Crippen LogP contribution is -2.10. The molecule has 0 spiro atoms. The number of nitrogens with one attached hydrogen (secondary N) is 1. The minimum Gasteiger partial charge on any atom is -0.379 e. The van der Waals surface area contributed by atoms with E-state index in [4.69, 9.17) is 4.18 Å². The molecular formula is C24H19NO3S. The lowest BCUT2D eigenvalue weighted by atomic mass is 10.1. The fourth-order valence-electron chi connectivity index (χ4n) is 3.79. The lowest BCUT2D eigenvalue weighted by Gasteiger charge is -2.11. The average molecular weight is 401 g/mol. The fourth-order valence-corrected chi connectivity index (χ4v) is 4.81. The van der Waals surface area contributed by atoms with Gasteiger partial charge in [-0.25, -0.2) is 0 Å². The Morgan fingerprint density at radius 2 is 1.55 bits per heavy atom. The highest BCUT2D eigenvalue weighted by Gasteiger charge is 2.20. The predicted octanol–water partition coefficient (Wildman–Crippen LogP) is 5.86. The van der Waals surface area contributed by atoms with E-state index in [9.17, 15) is 8.42 Å². The lowest BCUT2D eigenvalue weighted by molar-refractivity contribution is 0.485. The number of aromatic amines is 1. The number of fused-ring (bicyclic) bond motifs is 4. The topological polar surface area (TPSA) is 59.2 Å². The van der Waals surface area contributed by atoms with Gasteiger partial charge >= 0.3 is 10.1 Å². The van der Waals surface area contributed by atoms with Crippen LogP contribution in [-0.4, -0.2) is 13.4 Å². The van der Waals surface area contributed by atoms with Crippen LogP contribution < -0.4 is 4.18 Å². The van der Waals surface area contributed by atoms with Gasteiger partial charge in [-0.3, -0.25) is 0 Å². The van der Waals surface area contributed by atoms with Crippen molar-refractivity contribution < 1.29 is 12.6 Å². The zero-order valence-electron chi connectivity index (χ0n) is 16.1. The molecule has 0 unspecified atom stereocenters. The number of H-pyrrole nitrogens is 1. The van der Waals surface area contributed by atoms with Gasteiger partial charge in [0.25, 0.3) is 0 Å². The first-order valence-electron chi connectivity index (χ1n) is 9.37. The number of rotatable bonds is 3. The molecule has 0 aliphatic heterocycles. The van der Waals surface area contributed by atoms with E-state index in [-0.39, 0.29) is 4.90 Å². The summed E-state index contributed by atoms with van der Waals surface area (Å²) in [5.74, 6) is 0.328. The minimum atomic E-state index is -3.95. The molecule has 0 saturated carbocycles. The summed E-state index contributed by atoms with van der Waals surface area (Å²) in [6.45, 7) is 3.91. The number of benzene rings is 4. The number of hydrogen-bond acceptors (Lipinski definition) is 3. The van der Waals surface area contributed by atoms with Crippen LogP contribution in [-0.2, 0) is 10.1 Å². The second-order valence-electron chi connectivity index (χ2n) is 7.33. The molecule has 5 rings (SSSR count). The van der Waals surface area contributed by atoms with Gasteiger partial charge in [0.1, 0.15) is 10.6 Å². The maximum atomic E-state index is 12.9. The molecule has 1 aromatic heterocycles. The van der Waals surface area contributed by atoms with Crippen LogP contribution in [0.2, 0.25) is 0 Å². The molecule has 0 bridgehead atoms. The summed E-state index contributed by atoms with van der Waals surface area (Å²) in [6, 6.07) is 22.5. The largest absolute Gasteiger partial charge is 0.379 e. The molecule has 0 radical (unpaired) electrons.